The number of phenols is 1. The Kier molecular flexibility index (Phi) is 7.50. The Hall–Kier alpha value is -4.01. The highest BCUT2D eigenvalue weighted by atomic mass is 19.4. The van der Waals surface area contributed by atoms with Gasteiger partial charge in [-0.2, -0.15) is 13.2 Å². The number of benzene rings is 3. The monoisotopic (exact) mass is 538 g/mol. The summed E-state index contributed by atoms with van der Waals surface area (Å²) >= 11 is 0. The molecule has 0 spiro atoms. The molecule has 0 bridgehead atoms. The SMILES string of the molecule is O=C(NCCc1ccc(C(F)(F)F)cc1O)C1CCCN(C(=O)OCC2c3ccccc3-c3ccccc32)C1. The largest absolute Gasteiger partial charge is 0.508 e. The standard InChI is InChI=1S/C30H29F3N2O4/c31-30(32,33)21-12-11-19(27(36)16-21)13-14-34-28(37)20-6-5-15-35(17-20)29(38)39-18-26-24-9-3-1-7-22(24)23-8-2-4-10-25(23)26/h1-4,7-12,16,20,26,36H,5-6,13-15,17-18H2,(H,34,37). The zero-order valence-corrected chi connectivity index (χ0v) is 21.2. The van der Waals surface area contributed by atoms with Crippen molar-refractivity contribution in [2.24, 2.45) is 5.92 Å². The Morgan fingerprint density at radius 1 is 1.00 bits per heavy atom. The number of likely N-dealkylation sites (tertiary alicyclic amines) is 1. The van der Waals surface area contributed by atoms with E-state index in [1.54, 1.807) is 4.90 Å². The molecule has 1 atom stereocenters. The molecule has 39 heavy (non-hydrogen) atoms. The molecule has 9 heteroatoms. The lowest BCUT2D eigenvalue weighted by Gasteiger charge is -2.31. The van der Waals surface area contributed by atoms with Gasteiger partial charge >= 0.3 is 12.3 Å². The topological polar surface area (TPSA) is 78.9 Å². The van der Waals surface area contributed by atoms with E-state index in [0.717, 1.165) is 28.3 Å². The third kappa shape index (κ3) is 5.72. The first-order valence-electron chi connectivity index (χ1n) is 13.0. The lowest BCUT2D eigenvalue weighted by Crippen LogP contribution is -2.46. The third-order valence-electron chi connectivity index (χ3n) is 7.49. The summed E-state index contributed by atoms with van der Waals surface area (Å²) in [6.07, 6.45) is -3.54. The van der Waals surface area contributed by atoms with Gasteiger partial charge in [-0.05, 0) is 59.2 Å². The normalized spacial score (nSPS) is 16.9. The second-order valence-electron chi connectivity index (χ2n) is 9.97. The molecular formula is C30H29F3N2O4. The molecule has 3 aromatic rings. The van der Waals surface area contributed by atoms with Crippen LogP contribution in [0.15, 0.2) is 66.7 Å². The minimum Gasteiger partial charge on any atom is -0.508 e. The molecular weight excluding hydrogens is 509 g/mol. The molecule has 2 aliphatic rings. The summed E-state index contributed by atoms with van der Waals surface area (Å²) in [5.41, 5.74) is 3.93. The number of alkyl halides is 3. The molecule has 2 amide bonds. The van der Waals surface area contributed by atoms with Gasteiger partial charge in [0, 0.05) is 25.6 Å². The highest BCUT2D eigenvalue weighted by molar-refractivity contribution is 5.80. The van der Waals surface area contributed by atoms with Crippen LogP contribution in [0.3, 0.4) is 0 Å². The fraction of sp³-hybridized carbons (Fsp3) is 0.333. The molecule has 1 unspecified atom stereocenters. The summed E-state index contributed by atoms with van der Waals surface area (Å²) in [7, 11) is 0. The second kappa shape index (κ2) is 11.0. The van der Waals surface area contributed by atoms with Crippen molar-refractivity contribution in [2.75, 3.05) is 26.2 Å². The van der Waals surface area contributed by atoms with E-state index in [4.69, 9.17) is 4.74 Å². The van der Waals surface area contributed by atoms with E-state index >= 15 is 0 Å². The summed E-state index contributed by atoms with van der Waals surface area (Å²) in [5, 5.41) is 12.7. The van der Waals surface area contributed by atoms with Crippen LogP contribution < -0.4 is 5.32 Å². The number of piperidine rings is 1. The Balaban J connectivity index is 1.13. The van der Waals surface area contributed by atoms with Crippen LogP contribution in [0, 0.1) is 5.92 Å². The summed E-state index contributed by atoms with van der Waals surface area (Å²) < 4.78 is 44.1. The smallest absolute Gasteiger partial charge is 0.416 e. The van der Waals surface area contributed by atoms with Gasteiger partial charge in [-0.1, -0.05) is 54.6 Å². The van der Waals surface area contributed by atoms with Gasteiger partial charge < -0.3 is 20.1 Å². The molecule has 0 saturated carbocycles. The van der Waals surface area contributed by atoms with E-state index in [1.165, 1.54) is 6.07 Å². The summed E-state index contributed by atoms with van der Waals surface area (Å²) in [4.78, 5) is 27.3. The minimum absolute atomic E-state index is 0.0492. The fourth-order valence-electron chi connectivity index (χ4n) is 5.46. The van der Waals surface area contributed by atoms with Crippen molar-refractivity contribution < 1.29 is 32.6 Å². The fourth-order valence-corrected chi connectivity index (χ4v) is 5.46. The van der Waals surface area contributed by atoms with Crippen molar-refractivity contribution in [3.8, 4) is 16.9 Å². The van der Waals surface area contributed by atoms with Crippen LogP contribution in [0.1, 0.15) is 41.0 Å². The average molecular weight is 539 g/mol. The molecule has 1 aliphatic carbocycles. The first kappa shape index (κ1) is 26.6. The maximum Gasteiger partial charge on any atom is 0.416 e. The number of hydrogen-bond donors (Lipinski definition) is 2. The number of phenolic OH excluding ortho intramolecular Hbond substituents is 1. The van der Waals surface area contributed by atoms with Gasteiger partial charge in [0.1, 0.15) is 12.4 Å². The maximum absolute atomic E-state index is 12.9. The lowest BCUT2D eigenvalue weighted by molar-refractivity contribution is -0.137. The lowest BCUT2D eigenvalue weighted by atomic mass is 9.97. The molecule has 5 rings (SSSR count). The number of nitrogens with zero attached hydrogens (tertiary/aromatic N) is 1. The molecule has 2 N–H and O–H groups in total. The average Bonchev–Trinajstić information content (AvgIpc) is 3.25. The molecule has 0 radical (unpaired) electrons. The van der Waals surface area contributed by atoms with Crippen LogP contribution in [-0.2, 0) is 22.1 Å². The predicted molar refractivity (Wildman–Crippen MR) is 139 cm³/mol. The number of hydrogen-bond acceptors (Lipinski definition) is 4. The number of fused-ring (bicyclic) bond motifs is 3. The number of amides is 2. The van der Waals surface area contributed by atoms with E-state index in [1.807, 2.05) is 24.3 Å². The number of carbonyl (C=O) groups is 2. The molecule has 6 nitrogen and oxygen atoms in total. The maximum atomic E-state index is 12.9. The van der Waals surface area contributed by atoms with E-state index in [2.05, 4.69) is 29.6 Å². The summed E-state index contributed by atoms with van der Waals surface area (Å²) in [6.45, 7) is 1.09. The Morgan fingerprint density at radius 3 is 2.31 bits per heavy atom. The van der Waals surface area contributed by atoms with Crippen molar-refractivity contribution in [3.05, 3.63) is 89.0 Å². The van der Waals surface area contributed by atoms with Crippen molar-refractivity contribution in [2.45, 2.75) is 31.4 Å². The van der Waals surface area contributed by atoms with Gasteiger partial charge in [0.15, 0.2) is 0 Å². The molecule has 1 aliphatic heterocycles. The van der Waals surface area contributed by atoms with Crippen molar-refractivity contribution >= 4 is 12.0 Å². The highest BCUT2D eigenvalue weighted by Gasteiger charge is 2.33. The van der Waals surface area contributed by atoms with Crippen molar-refractivity contribution in [1.29, 1.82) is 0 Å². The quantitative estimate of drug-likeness (QED) is 0.420. The Morgan fingerprint density at radius 2 is 1.67 bits per heavy atom. The summed E-state index contributed by atoms with van der Waals surface area (Å²) in [5.74, 6) is -1.16. The summed E-state index contributed by atoms with van der Waals surface area (Å²) in [6, 6.07) is 19.0. The Bertz CT molecular complexity index is 1330. The minimum atomic E-state index is -4.54. The molecule has 0 aromatic heterocycles. The predicted octanol–water partition coefficient (Wildman–Crippen LogP) is 5.73. The van der Waals surface area contributed by atoms with Crippen LogP contribution in [0.4, 0.5) is 18.0 Å². The van der Waals surface area contributed by atoms with Crippen LogP contribution in [0.5, 0.6) is 5.75 Å². The van der Waals surface area contributed by atoms with Crippen LogP contribution in [0.25, 0.3) is 11.1 Å². The number of nitrogens with one attached hydrogen (secondary N) is 1. The van der Waals surface area contributed by atoms with Crippen LogP contribution in [-0.4, -0.2) is 48.2 Å². The van der Waals surface area contributed by atoms with Gasteiger partial charge in [-0.25, -0.2) is 4.79 Å². The van der Waals surface area contributed by atoms with E-state index in [0.29, 0.717) is 31.0 Å². The van der Waals surface area contributed by atoms with Crippen LogP contribution >= 0.6 is 0 Å². The van der Waals surface area contributed by atoms with Gasteiger partial charge in [0.25, 0.3) is 0 Å². The Labute approximate surface area is 224 Å². The van der Waals surface area contributed by atoms with E-state index in [-0.39, 0.29) is 37.9 Å². The highest BCUT2D eigenvalue weighted by Crippen LogP contribution is 2.44. The van der Waals surface area contributed by atoms with E-state index in [9.17, 15) is 27.9 Å². The molecule has 1 fully saturated rings. The second-order valence-corrected chi connectivity index (χ2v) is 9.97. The van der Waals surface area contributed by atoms with Gasteiger partial charge in [-0.3, -0.25) is 4.79 Å². The first-order valence-corrected chi connectivity index (χ1v) is 13.0. The number of aromatic hydroxyl groups is 1. The zero-order valence-electron chi connectivity index (χ0n) is 21.2. The van der Waals surface area contributed by atoms with Crippen molar-refractivity contribution in [1.82, 2.24) is 10.2 Å². The number of carbonyl (C=O) groups excluding carboxylic acids is 2. The van der Waals surface area contributed by atoms with Gasteiger partial charge in [-0.15, -0.1) is 0 Å². The molecule has 3 aromatic carbocycles. The van der Waals surface area contributed by atoms with Crippen molar-refractivity contribution in [3.63, 3.8) is 0 Å². The zero-order chi connectivity index (χ0) is 27.6. The number of rotatable bonds is 6. The van der Waals surface area contributed by atoms with E-state index < -0.39 is 29.5 Å². The van der Waals surface area contributed by atoms with Gasteiger partial charge in [0.05, 0.1) is 11.5 Å². The number of ether oxygens (including phenoxy) is 1. The van der Waals surface area contributed by atoms with Gasteiger partial charge in [0.2, 0.25) is 5.91 Å². The number of halogens is 3. The molecule has 204 valence electrons. The third-order valence-corrected chi connectivity index (χ3v) is 7.49. The first-order chi connectivity index (χ1) is 18.7. The molecule has 1 heterocycles. The van der Waals surface area contributed by atoms with Crippen LogP contribution in [0.2, 0.25) is 0 Å². The molecule has 1 saturated heterocycles.